The molecule has 0 aliphatic heterocycles. The molecule has 0 spiro atoms. The maximum absolute atomic E-state index is 5.88. The Labute approximate surface area is 167 Å². The highest BCUT2D eigenvalue weighted by Crippen LogP contribution is 2.24. The highest BCUT2D eigenvalue weighted by atomic mass is 16.5. The van der Waals surface area contributed by atoms with Crippen molar-refractivity contribution in [3.63, 3.8) is 0 Å². The summed E-state index contributed by atoms with van der Waals surface area (Å²) in [6.07, 6.45) is 1.57. The van der Waals surface area contributed by atoms with Gasteiger partial charge in [-0.2, -0.15) is 0 Å². The van der Waals surface area contributed by atoms with Gasteiger partial charge in [0.25, 0.3) is 0 Å². The second kappa shape index (κ2) is 16.7. The van der Waals surface area contributed by atoms with Crippen molar-refractivity contribution < 1.29 is 28.4 Å². The van der Waals surface area contributed by atoms with Gasteiger partial charge in [0.15, 0.2) is 0 Å². The van der Waals surface area contributed by atoms with Crippen LogP contribution in [0.5, 0.6) is 0 Å². The van der Waals surface area contributed by atoms with Crippen molar-refractivity contribution in [2.24, 2.45) is 5.41 Å². The number of hydrogen-bond donors (Lipinski definition) is 0. The summed E-state index contributed by atoms with van der Waals surface area (Å²) in [5, 5.41) is 0. The SMILES string of the molecule is CCC(COCCOC(C)C)(COCCOC(C)C)COCCOC(C)C. The van der Waals surface area contributed by atoms with Crippen LogP contribution in [0.3, 0.4) is 0 Å². The average Bonchev–Trinajstić information content (AvgIpc) is 2.59. The van der Waals surface area contributed by atoms with E-state index >= 15 is 0 Å². The monoisotopic (exact) mass is 392 g/mol. The van der Waals surface area contributed by atoms with E-state index in [0.717, 1.165) is 6.42 Å². The van der Waals surface area contributed by atoms with E-state index in [4.69, 9.17) is 28.4 Å². The van der Waals surface area contributed by atoms with Gasteiger partial charge in [-0.15, -0.1) is 0 Å². The van der Waals surface area contributed by atoms with E-state index in [2.05, 4.69) is 6.92 Å². The van der Waals surface area contributed by atoms with E-state index in [9.17, 15) is 0 Å². The molecule has 0 amide bonds. The molecule has 0 aromatic heterocycles. The Morgan fingerprint density at radius 3 is 1.04 bits per heavy atom. The van der Waals surface area contributed by atoms with Crippen molar-refractivity contribution in [3.8, 4) is 0 Å². The lowest BCUT2D eigenvalue weighted by Gasteiger charge is -2.32. The van der Waals surface area contributed by atoms with Gasteiger partial charge in [0.2, 0.25) is 0 Å². The van der Waals surface area contributed by atoms with Gasteiger partial charge in [-0.05, 0) is 48.0 Å². The van der Waals surface area contributed by atoms with Crippen LogP contribution in [0.25, 0.3) is 0 Å². The highest BCUT2D eigenvalue weighted by molar-refractivity contribution is 4.78. The fourth-order valence-electron chi connectivity index (χ4n) is 2.33. The van der Waals surface area contributed by atoms with Crippen molar-refractivity contribution in [3.05, 3.63) is 0 Å². The van der Waals surface area contributed by atoms with Gasteiger partial charge in [0.1, 0.15) is 0 Å². The molecule has 0 saturated carbocycles. The Hall–Kier alpha value is -0.240. The largest absolute Gasteiger partial charge is 0.378 e. The standard InChI is InChI=1S/C21H44O6/c1-8-21(15-22-9-12-25-18(2)3,16-23-10-13-26-19(4)5)17-24-11-14-27-20(6)7/h18-20H,8-17H2,1-7H3. The lowest BCUT2D eigenvalue weighted by Crippen LogP contribution is -2.38. The number of hydrogen-bond acceptors (Lipinski definition) is 6. The molecule has 0 N–H and O–H groups in total. The Balaban J connectivity index is 4.35. The molecule has 0 aliphatic rings. The lowest BCUT2D eigenvalue weighted by molar-refractivity contribution is -0.0943. The van der Waals surface area contributed by atoms with E-state index in [-0.39, 0.29) is 23.7 Å². The van der Waals surface area contributed by atoms with Crippen LogP contribution in [0.1, 0.15) is 54.9 Å². The Morgan fingerprint density at radius 1 is 0.519 bits per heavy atom. The molecule has 164 valence electrons. The average molecular weight is 393 g/mol. The molecule has 27 heavy (non-hydrogen) atoms. The minimum absolute atomic E-state index is 0.173. The van der Waals surface area contributed by atoms with Gasteiger partial charge in [0, 0.05) is 5.41 Å². The molecule has 0 fully saturated rings. The molecule has 6 nitrogen and oxygen atoms in total. The summed E-state index contributed by atoms with van der Waals surface area (Å²) in [7, 11) is 0. The fraction of sp³-hybridized carbons (Fsp3) is 1.00. The fourth-order valence-corrected chi connectivity index (χ4v) is 2.33. The first-order valence-corrected chi connectivity index (χ1v) is 10.4. The molecule has 0 bridgehead atoms. The number of rotatable bonds is 19. The van der Waals surface area contributed by atoms with Crippen LogP contribution in [0.15, 0.2) is 0 Å². The minimum atomic E-state index is -0.173. The van der Waals surface area contributed by atoms with Gasteiger partial charge < -0.3 is 28.4 Å². The normalized spacial score (nSPS) is 12.7. The van der Waals surface area contributed by atoms with Crippen LogP contribution in [0.2, 0.25) is 0 Å². The van der Waals surface area contributed by atoms with E-state index in [1.165, 1.54) is 0 Å². The van der Waals surface area contributed by atoms with Crippen LogP contribution in [-0.2, 0) is 28.4 Å². The zero-order valence-electron chi connectivity index (χ0n) is 18.8. The van der Waals surface area contributed by atoms with Crippen molar-refractivity contribution in [1.82, 2.24) is 0 Å². The quantitative estimate of drug-likeness (QED) is 0.312. The van der Waals surface area contributed by atoms with Crippen LogP contribution < -0.4 is 0 Å². The molecule has 0 unspecified atom stereocenters. The van der Waals surface area contributed by atoms with Crippen LogP contribution in [0, 0.1) is 5.41 Å². The molecular formula is C21H44O6. The van der Waals surface area contributed by atoms with Gasteiger partial charge in [-0.25, -0.2) is 0 Å². The molecular weight excluding hydrogens is 348 g/mol. The van der Waals surface area contributed by atoms with E-state index in [1.807, 2.05) is 41.5 Å². The lowest BCUT2D eigenvalue weighted by atomic mass is 9.88. The van der Waals surface area contributed by atoms with E-state index in [1.54, 1.807) is 0 Å². The molecule has 0 aliphatic carbocycles. The van der Waals surface area contributed by atoms with Crippen molar-refractivity contribution in [2.45, 2.75) is 73.2 Å². The molecule has 0 rings (SSSR count). The van der Waals surface area contributed by atoms with Gasteiger partial charge in [-0.1, -0.05) is 6.92 Å². The molecule has 0 atom stereocenters. The van der Waals surface area contributed by atoms with E-state index < -0.39 is 0 Å². The summed E-state index contributed by atoms with van der Waals surface area (Å²) in [6.45, 7) is 19.6. The third kappa shape index (κ3) is 16.4. The first kappa shape index (κ1) is 26.8. The Morgan fingerprint density at radius 2 is 0.815 bits per heavy atom. The van der Waals surface area contributed by atoms with Gasteiger partial charge >= 0.3 is 0 Å². The molecule has 0 aromatic rings. The third-order valence-electron chi connectivity index (χ3n) is 4.01. The molecule has 0 radical (unpaired) electrons. The summed E-state index contributed by atoms with van der Waals surface area (Å²) < 4.78 is 34.3. The topological polar surface area (TPSA) is 55.4 Å². The second-order valence-corrected chi connectivity index (χ2v) is 7.77. The predicted molar refractivity (Wildman–Crippen MR) is 108 cm³/mol. The summed E-state index contributed by atoms with van der Waals surface area (Å²) in [6, 6.07) is 0. The zero-order chi connectivity index (χ0) is 20.5. The highest BCUT2D eigenvalue weighted by Gasteiger charge is 2.30. The molecule has 0 aromatic carbocycles. The summed E-state index contributed by atoms with van der Waals surface area (Å²) in [5.41, 5.74) is -0.173. The van der Waals surface area contributed by atoms with Crippen LogP contribution in [-0.4, -0.2) is 77.8 Å². The molecule has 0 saturated heterocycles. The van der Waals surface area contributed by atoms with E-state index in [0.29, 0.717) is 59.5 Å². The first-order chi connectivity index (χ1) is 12.8. The summed E-state index contributed by atoms with van der Waals surface area (Å²) in [5.74, 6) is 0. The molecule has 0 heterocycles. The Bertz CT molecular complexity index is 274. The van der Waals surface area contributed by atoms with Gasteiger partial charge in [0.05, 0.1) is 77.8 Å². The maximum atomic E-state index is 5.88. The maximum Gasteiger partial charge on any atom is 0.0703 e. The van der Waals surface area contributed by atoms with Crippen LogP contribution in [0.4, 0.5) is 0 Å². The van der Waals surface area contributed by atoms with Crippen LogP contribution >= 0.6 is 0 Å². The Kier molecular flexibility index (Phi) is 16.5. The third-order valence-corrected chi connectivity index (χ3v) is 4.01. The summed E-state index contributed by atoms with van der Waals surface area (Å²) in [4.78, 5) is 0. The van der Waals surface area contributed by atoms with Crippen molar-refractivity contribution >= 4 is 0 Å². The van der Waals surface area contributed by atoms with Gasteiger partial charge in [-0.3, -0.25) is 0 Å². The predicted octanol–water partition coefficient (Wildman–Crippen LogP) is 3.71. The van der Waals surface area contributed by atoms with Crippen molar-refractivity contribution in [2.75, 3.05) is 59.5 Å². The van der Waals surface area contributed by atoms with Crippen molar-refractivity contribution in [1.29, 1.82) is 0 Å². The number of ether oxygens (including phenoxy) is 6. The second-order valence-electron chi connectivity index (χ2n) is 7.77. The minimum Gasteiger partial charge on any atom is -0.378 e. The zero-order valence-corrected chi connectivity index (χ0v) is 18.8. The summed E-state index contributed by atoms with van der Waals surface area (Å²) >= 11 is 0. The smallest absolute Gasteiger partial charge is 0.0703 e. The first-order valence-electron chi connectivity index (χ1n) is 10.4. The molecule has 6 heteroatoms.